The Morgan fingerprint density at radius 2 is 2.31 bits per heavy atom. The standard InChI is InChI=1S/C10H7ClN2O3/c1-5-6(2-3-16-5)9-12-4-7(11)8(13-9)10(14)15/h2-4H,1H3,(H,14,15). The number of hydrogen-bond donors (Lipinski definition) is 1. The maximum absolute atomic E-state index is 10.8. The van der Waals surface area contributed by atoms with Gasteiger partial charge >= 0.3 is 5.97 Å². The number of furan rings is 1. The van der Waals surface area contributed by atoms with Crippen molar-refractivity contribution in [1.82, 2.24) is 9.97 Å². The van der Waals surface area contributed by atoms with E-state index in [0.29, 0.717) is 11.3 Å². The van der Waals surface area contributed by atoms with Gasteiger partial charge in [0, 0.05) is 0 Å². The van der Waals surface area contributed by atoms with Crippen molar-refractivity contribution >= 4 is 17.6 Å². The molecule has 0 saturated carbocycles. The number of aromatic carboxylic acids is 1. The predicted molar refractivity (Wildman–Crippen MR) is 56.4 cm³/mol. The van der Waals surface area contributed by atoms with Gasteiger partial charge in [0.25, 0.3) is 0 Å². The van der Waals surface area contributed by atoms with E-state index in [1.807, 2.05) is 0 Å². The third kappa shape index (κ3) is 1.77. The number of aryl methyl sites for hydroxylation is 1. The van der Waals surface area contributed by atoms with Gasteiger partial charge in [-0.15, -0.1) is 0 Å². The first-order valence-electron chi connectivity index (χ1n) is 4.40. The Bertz CT molecular complexity index is 551. The number of carbonyl (C=O) groups is 1. The van der Waals surface area contributed by atoms with Crippen LogP contribution in [0.1, 0.15) is 16.2 Å². The van der Waals surface area contributed by atoms with Crippen LogP contribution in [0.2, 0.25) is 5.02 Å². The molecule has 0 aliphatic heterocycles. The first kappa shape index (κ1) is 10.6. The number of carboxylic acid groups (broad SMARTS) is 1. The van der Waals surface area contributed by atoms with E-state index in [0.717, 1.165) is 0 Å². The van der Waals surface area contributed by atoms with Crippen molar-refractivity contribution in [3.05, 3.63) is 35.0 Å². The Hall–Kier alpha value is -1.88. The third-order valence-electron chi connectivity index (χ3n) is 2.05. The summed E-state index contributed by atoms with van der Waals surface area (Å²) in [5.74, 6) is -0.276. The smallest absolute Gasteiger partial charge is 0.356 e. The van der Waals surface area contributed by atoms with Crippen LogP contribution in [0, 0.1) is 6.92 Å². The van der Waals surface area contributed by atoms with Crippen LogP contribution in [0.4, 0.5) is 0 Å². The number of hydrogen-bond acceptors (Lipinski definition) is 4. The lowest BCUT2D eigenvalue weighted by atomic mass is 10.2. The Morgan fingerprint density at radius 1 is 1.56 bits per heavy atom. The minimum absolute atomic E-state index is 0.0115. The molecule has 0 unspecified atom stereocenters. The molecule has 2 rings (SSSR count). The van der Waals surface area contributed by atoms with Crippen molar-refractivity contribution in [1.29, 1.82) is 0 Å². The third-order valence-corrected chi connectivity index (χ3v) is 2.32. The van der Waals surface area contributed by atoms with Gasteiger partial charge in [0.05, 0.1) is 23.0 Å². The molecule has 0 amide bonds. The zero-order valence-electron chi connectivity index (χ0n) is 8.27. The second-order valence-corrected chi connectivity index (χ2v) is 3.49. The molecule has 5 nitrogen and oxygen atoms in total. The molecular formula is C10H7ClN2O3. The molecule has 0 bridgehead atoms. The van der Waals surface area contributed by atoms with E-state index in [-0.39, 0.29) is 16.5 Å². The average Bonchev–Trinajstić information content (AvgIpc) is 2.65. The second-order valence-electron chi connectivity index (χ2n) is 3.09. The Morgan fingerprint density at radius 3 is 2.88 bits per heavy atom. The van der Waals surface area contributed by atoms with Gasteiger partial charge in [-0.2, -0.15) is 0 Å². The summed E-state index contributed by atoms with van der Waals surface area (Å²) in [5.41, 5.74) is 0.437. The van der Waals surface area contributed by atoms with Crippen molar-refractivity contribution in [3.8, 4) is 11.4 Å². The average molecular weight is 239 g/mol. The summed E-state index contributed by atoms with van der Waals surface area (Å²) >= 11 is 5.66. The largest absolute Gasteiger partial charge is 0.476 e. The van der Waals surface area contributed by atoms with Gasteiger partial charge in [-0.3, -0.25) is 0 Å². The van der Waals surface area contributed by atoms with Crippen LogP contribution in [-0.4, -0.2) is 21.0 Å². The van der Waals surface area contributed by atoms with Crippen LogP contribution >= 0.6 is 11.6 Å². The highest BCUT2D eigenvalue weighted by molar-refractivity contribution is 6.33. The molecule has 2 aromatic rings. The minimum atomic E-state index is -1.19. The molecule has 82 valence electrons. The van der Waals surface area contributed by atoms with Gasteiger partial charge in [0.15, 0.2) is 11.5 Å². The molecule has 0 aromatic carbocycles. The summed E-state index contributed by atoms with van der Waals surface area (Å²) in [7, 11) is 0. The van der Waals surface area contributed by atoms with Crippen LogP contribution in [0.5, 0.6) is 0 Å². The Labute approximate surface area is 95.7 Å². The summed E-state index contributed by atoms with van der Waals surface area (Å²) < 4.78 is 5.09. The van der Waals surface area contributed by atoms with Gasteiger partial charge in [-0.25, -0.2) is 14.8 Å². The van der Waals surface area contributed by atoms with E-state index in [9.17, 15) is 4.79 Å². The van der Waals surface area contributed by atoms with Crippen molar-refractivity contribution in [2.75, 3.05) is 0 Å². The molecule has 0 atom stereocenters. The second kappa shape index (κ2) is 3.94. The van der Waals surface area contributed by atoms with Gasteiger partial charge in [0.2, 0.25) is 0 Å². The van der Waals surface area contributed by atoms with E-state index in [4.69, 9.17) is 21.1 Å². The van der Waals surface area contributed by atoms with Crippen LogP contribution in [-0.2, 0) is 0 Å². The highest BCUT2D eigenvalue weighted by Crippen LogP contribution is 2.22. The molecule has 2 aromatic heterocycles. The fourth-order valence-corrected chi connectivity index (χ4v) is 1.44. The van der Waals surface area contributed by atoms with E-state index in [2.05, 4.69) is 9.97 Å². The zero-order chi connectivity index (χ0) is 11.7. The van der Waals surface area contributed by atoms with E-state index >= 15 is 0 Å². The first-order valence-corrected chi connectivity index (χ1v) is 4.77. The summed E-state index contributed by atoms with van der Waals surface area (Å²) in [6.07, 6.45) is 2.75. The summed E-state index contributed by atoms with van der Waals surface area (Å²) in [5, 5.41) is 8.87. The number of halogens is 1. The maximum atomic E-state index is 10.8. The highest BCUT2D eigenvalue weighted by atomic mass is 35.5. The molecule has 0 aliphatic carbocycles. The molecule has 0 saturated heterocycles. The SMILES string of the molecule is Cc1occc1-c1ncc(Cl)c(C(=O)O)n1. The summed E-state index contributed by atoms with van der Waals surface area (Å²) in [6, 6.07) is 1.67. The van der Waals surface area contributed by atoms with Crippen LogP contribution in [0.25, 0.3) is 11.4 Å². The first-order chi connectivity index (χ1) is 7.59. The molecule has 16 heavy (non-hydrogen) atoms. The molecule has 1 N–H and O–H groups in total. The van der Waals surface area contributed by atoms with E-state index < -0.39 is 5.97 Å². The fraction of sp³-hybridized carbons (Fsp3) is 0.100. The quantitative estimate of drug-likeness (QED) is 0.869. The number of aromatic nitrogens is 2. The van der Waals surface area contributed by atoms with E-state index in [1.165, 1.54) is 12.5 Å². The van der Waals surface area contributed by atoms with Gasteiger partial charge in [0.1, 0.15) is 5.76 Å². The van der Waals surface area contributed by atoms with E-state index in [1.54, 1.807) is 13.0 Å². The molecule has 6 heteroatoms. The highest BCUT2D eigenvalue weighted by Gasteiger charge is 2.15. The zero-order valence-corrected chi connectivity index (χ0v) is 9.02. The lowest BCUT2D eigenvalue weighted by molar-refractivity contribution is 0.0690. The van der Waals surface area contributed by atoms with Gasteiger partial charge in [-0.05, 0) is 13.0 Å². The van der Waals surface area contributed by atoms with Crippen molar-refractivity contribution < 1.29 is 14.3 Å². The van der Waals surface area contributed by atoms with Gasteiger partial charge < -0.3 is 9.52 Å². The molecular weight excluding hydrogens is 232 g/mol. The normalized spacial score (nSPS) is 10.4. The summed E-state index contributed by atoms with van der Waals surface area (Å²) in [6.45, 7) is 1.74. The number of carboxylic acids is 1. The fourth-order valence-electron chi connectivity index (χ4n) is 1.26. The van der Waals surface area contributed by atoms with Crippen molar-refractivity contribution in [2.24, 2.45) is 0 Å². The number of nitrogens with zero attached hydrogens (tertiary/aromatic N) is 2. The molecule has 0 fully saturated rings. The molecule has 0 aliphatic rings. The Balaban J connectivity index is 2.56. The minimum Gasteiger partial charge on any atom is -0.476 e. The van der Waals surface area contributed by atoms with Crippen LogP contribution < -0.4 is 0 Å². The van der Waals surface area contributed by atoms with Crippen LogP contribution in [0.15, 0.2) is 22.9 Å². The maximum Gasteiger partial charge on any atom is 0.356 e. The monoisotopic (exact) mass is 238 g/mol. The van der Waals surface area contributed by atoms with Gasteiger partial charge in [-0.1, -0.05) is 11.6 Å². The predicted octanol–water partition coefficient (Wildman–Crippen LogP) is 2.40. The Kier molecular flexibility index (Phi) is 2.62. The molecule has 0 spiro atoms. The van der Waals surface area contributed by atoms with Crippen molar-refractivity contribution in [2.45, 2.75) is 6.92 Å². The number of rotatable bonds is 2. The summed E-state index contributed by atoms with van der Waals surface area (Å²) in [4.78, 5) is 18.7. The lowest BCUT2D eigenvalue weighted by Gasteiger charge is -2.01. The topological polar surface area (TPSA) is 76.2 Å². The lowest BCUT2D eigenvalue weighted by Crippen LogP contribution is -2.04. The van der Waals surface area contributed by atoms with Crippen LogP contribution in [0.3, 0.4) is 0 Å². The van der Waals surface area contributed by atoms with Crippen molar-refractivity contribution in [3.63, 3.8) is 0 Å². The molecule has 2 heterocycles. The molecule has 0 radical (unpaired) electrons.